The molecule has 3 aromatic rings. The fraction of sp³-hybridized carbons (Fsp3) is 0.522. The van der Waals surface area contributed by atoms with Crippen LogP contribution in [0.15, 0.2) is 24.5 Å². The van der Waals surface area contributed by atoms with Crippen molar-refractivity contribution in [2.45, 2.75) is 57.3 Å². The SMILES string of the molecule is NC(=O)[C@@H](Nc1cc2c3c(c1)nc(-c1cnn(C4CCCCO4)c1)n3CCCO2)C1CC1. The highest BCUT2D eigenvalue weighted by molar-refractivity contribution is 5.91. The highest BCUT2D eigenvalue weighted by atomic mass is 16.5. The summed E-state index contributed by atoms with van der Waals surface area (Å²) >= 11 is 0. The van der Waals surface area contributed by atoms with Crippen molar-refractivity contribution in [3.63, 3.8) is 0 Å². The van der Waals surface area contributed by atoms with E-state index < -0.39 is 0 Å². The van der Waals surface area contributed by atoms with Crippen LogP contribution in [0.5, 0.6) is 5.75 Å². The zero-order valence-electron chi connectivity index (χ0n) is 18.0. The van der Waals surface area contributed by atoms with Crippen LogP contribution in [0.1, 0.15) is 44.8 Å². The van der Waals surface area contributed by atoms with Gasteiger partial charge in [-0.25, -0.2) is 9.67 Å². The molecule has 9 heteroatoms. The van der Waals surface area contributed by atoms with E-state index in [2.05, 4.69) is 15.0 Å². The molecule has 3 N–H and O–H groups in total. The van der Waals surface area contributed by atoms with Crippen molar-refractivity contribution < 1.29 is 14.3 Å². The monoisotopic (exact) mass is 436 g/mol. The van der Waals surface area contributed by atoms with Crippen LogP contribution >= 0.6 is 0 Å². The number of rotatable bonds is 6. The Morgan fingerprint density at radius 2 is 2.09 bits per heavy atom. The van der Waals surface area contributed by atoms with Crippen LogP contribution < -0.4 is 15.8 Å². The Bertz CT molecular complexity index is 1160. The van der Waals surface area contributed by atoms with Gasteiger partial charge in [-0.05, 0) is 50.5 Å². The zero-order valence-corrected chi connectivity index (χ0v) is 18.0. The van der Waals surface area contributed by atoms with Gasteiger partial charge in [0, 0.05) is 31.1 Å². The second-order valence-corrected chi connectivity index (χ2v) is 9.02. The van der Waals surface area contributed by atoms with Crippen molar-refractivity contribution in [2.24, 2.45) is 11.7 Å². The number of imidazole rings is 1. The lowest BCUT2D eigenvalue weighted by Gasteiger charge is -2.22. The summed E-state index contributed by atoms with van der Waals surface area (Å²) in [7, 11) is 0. The van der Waals surface area contributed by atoms with Gasteiger partial charge in [0.15, 0.2) is 0 Å². The number of aryl methyl sites for hydroxylation is 1. The average Bonchev–Trinajstić information content (AvgIpc) is 3.46. The highest BCUT2D eigenvalue weighted by Gasteiger charge is 2.35. The van der Waals surface area contributed by atoms with Crippen molar-refractivity contribution in [3.8, 4) is 17.1 Å². The molecule has 2 aromatic heterocycles. The summed E-state index contributed by atoms with van der Waals surface area (Å²) in [6, 6.07) is 3.59. The van der Waals surface area contributed by atoms with Gasteiger partial charge in [0.05, 0.1) is 23.9 Å². The van der Waals surface area contributed by atoms with Crippen molar-refractivity contribution >= 4 is 22.6 Å². The summed E-state index contributed by atoms with van der Waals surface area (Å²) in [6.45, 7) is 2.24. The van der Waals surface area contributed by atoms with E-state index in [-0.39, 0.29) is 18.2 Å². The summed E-state index contributed by atoms with van der Waals surface area (Å²) in [5, 5.41) is 7.90. The molecule has 0 radical (unpaired) electrons. The van der Waals surface area contributed by atoms with Crippen LogP contribution in [0, 0.1) is 5.92 Å². The van der Waals surface area contributed by atoms with Gasteiger partial charge in [-0.15, -0.1) is 0 Å². The number of hydrogen-bond donors (Lipinski definition) is 2. The molecule has 1 saturated carbocycles. The number of nitrogens with one attached hydrogen (secondary N) is 1. The molecular formula is C23H28N6O3. The summed E-state index contributed by atoms with van der Waals surface area (Å²) in [6.07, 6.45) is 10.1. The second-order valence-electron chi connectivity index (χ2n) is 9.02. The van der Waals surface area contributed by atoms with Gasteiger partial charge in [0.1, 0.15) is 29.4 Å². The Balaban J connectivity index is 1.38. The Morgan fingerprint density at radius 1 is 1.19 bits per heavy atom. The standard InChI is InChI=1S/C23H28N6O3/c24-22(30)20(14-5-6-14)26-16-10-17-21-18(11-16)31-9-3-7-28(21)23(27-17)15-12-25-29(13-15)19-4-1-2-8-32-19/h10-14,19-20,26H,1-9H2,(H2,24,30)/t19?,20-/m0/s1. The molecule has 1 aromatic carbocycles. The van der Waals surface area contributed by atoms with E-state index in [1.807, 2.05) is 29.2 Å². The number of aromatic nitrogens is 4. The molecule has 2 fully saturated rings. The summed E-state index contributed by atoms with van der Waals surface area (Å²) in [5.74, 6) is 1.65. The number of anilines is 1. The third-order valence-corrected chi connectivity index (χ3v) is 6.62. The van der Waals surface area contributed by atoms with Gasteiger partial charge < -0.3 is 25.1 Å². The number of amides is 1. The zero-order chi connectivity index (χ0) is 21.7. The molecule has 1 saturated heterocycles. The minimum atomic E-state index is -0.360. The van der Waals surface area contributed by atoms with Gasteiger partial charge in [-0.3, -0.25) is 4.79 Å². The minimum Gasteiger partial charge on any atom is -0.491 e. The van der Waals surface area contributed by atoms with Crippen LogP contribution in [0.2, 0.25) is 0 Å². The Hall–Kier alpha value is -3.07. The predicted octanol–water partition coefficient (Wildman–Crippen LogP) is 3.06. The number of carbonyl (C=O) groups is 1. The molecule has 1 unspecified atom stereocenters. The lowest BCUT2D eigenvalue weighted by molar-refractivity contribution is -0.119. The molecule has 9 nitrogen and oxygen atoms in total. The number of ether oxygens (including phenoxy) is 2. The van der Waals surface area contributed by atoms with Crippen LogP contribution in [-0.2, 0) is 16.1 Å². The largest absolute Gasteiger partial charge is 0.491 e. The molecule has 0 spiro atoms. The van der Waals surface area contributed by atoms with Crippen LogP contribution in [0.25, 0.3) is 22.4 Å². The van der Waals surface area contributed by atoms with Crippen molar-refractivity contribution in [1.29, 1.82) is 0 Å². The maximum atomic E-state index is 11.9. The summed E-state index contributed by atoms with van der Waals surface area (Å²) < 4.78 is 16.1. The van der Waals surface area contributed by atoms with Gasteiger partial charge in [0.2, 0.25) is 5.91 Å². The number of carbonyl (C=O) groups excluding carboxylic acids is 1. The summed E-state index contributed by atoms with van der Waals surface area (Å²) in [5.41, 5.74) is 9.23. The van der Waals surface area contributed by atoms with Crippen LogP contribution in [-0.4, -0.2) is 44.5 Å². The topological polar surface area (TPSA) is 109 Å². The molecule has 2 atom stereocenters. The minimum absolute atomic E-state index is 0.00568. The Labute approximate surface area is 185 Å². The van der Waals surface area contributed by atoms with E-state index in [1.54, 1.807) is 0 Å². The van der Waals surface area contributed by atoms with E-state index in [1.165, 1.54) is 0 Å². The first-order chi connectivity index (χ1) is 15.7. The van der Waals surface area contributed by atoms with Gasteiger partial charge in [0.25, 0.3) is 0 Å². The number of nitrogens with two attached hydrogens (primary N) is 1. The van der Waals surface area contributed by atoms with Crippen molar-refractivity contribution in [1.82, 2.24) is 19.3 Å². The van der Waals surface area contributed by atoms with Crippen LogP contribution in [0.3, 0.4) is 0 Å². The number of nitrogens with zero attached hydrogens (tertiary/aromatic N) is 4. The van der Waals surface area contributed by atoms with E-state index in [4.69, 9.17) is 20.2 Å². The molecule has 2 aliphatic heterocycles. The molecule has 1 amide bonds. The van der Waals surface area contributed by atoms with E-state index in [0.717, 1.165) is 85.5 Å². The molecule has 168 valence electrons. The Morgan fingerprint density at radius 3 is 2.88 bits per heavy atom. The molecule has 0 bridgehead atoms. The lowest BCUT2D eigenvalue weighted by Crippen LogP contribution is -2.37. The third kappa shape index (κ3) is 3.50. The normalized spacial score (nSPS) is 21.7. The van der Waals surface area contributed by atoms with E-state index >= 15 is 0 Å². The lowest BCUT2D eigenvalue weighted by atomic mass is 10.1. The third-order valence-electron chi connectivity index (χ3n) is 6.62. The number of benzene rings is 1. The van der Waals surface area contributed by atoms with Gasteiger partial charge >= 0.3 is 0 Å². The molecule has 4 heterocycles. The first-order valence-electron chi connectivity index (χ1n) is 11.6. The highest BCUT2D eigenvalue weighted by Crippen LogP contribution is 2.38. The molecular weight excluding hydrogens is 408 g/mol. The molecule has 6 rings (SSSR count). The van der Waals surface area contributed by atoms with E-state index in [9.17, 15) is 4.79 Å². The first kappa shape index (κ1) is 19.6. The fourth-order valence-electron chi connectivity index (χ4n) is 4.84. The Kier molecular flexibility index (Phi) is 4.78. The van der Waals surface area contributed by atoms with Gasteiger partial charge in [-0.2, -0.15) is 5.10 Å². The van der Waals surface area contributed by atoms with Gasteiger partial charge in [-0.1, -0.05) is 0 Å². The quantitative estimate of drug-likeness (QED) is 0.615. The fourth-order valence-corrected chi connectivity index (χ4v) is 4.84. The molecule has 3 aliphatic rings. The summed E-state index contributed by atoms with van der Waals surface area (Å²) in [4.78, 5) is 16.9. The number of primary amides is 1. The van der Waals surface area contributed by atoms with Crippen LogP contribution in [0.4, 0.5) is 5.69 Å². The average molecular weight is 437 g/mol. The van der Waals surface area contributed by atoms with Crippen molar-refractivity contribution in [2.75, 3.05) is 18.5 Å². The molecule has 1 aliphatic carbocycles. The number of hydrogen-bond acceptors (Lipinski definition) is 6. The van der Waals surface area contributed by atoms with Crippen molar-refractivity contribution in [3.05, 3.63) is 24.5 Å². The predicted molar refractivity (Wildman–Crippen MR) is 119 cm³/mol. The molecule has 32 heavy (non-hydrogen) atoms. The first-order valence-corrected chi connectivity index (χ1v) is 11.6. The second kappa shape index (κ2) is 7.81. The maximum absolute atomic E-state index is 11.9. The smallest absolute Gasteiger partial charge is 0.240 e. The van der Waals surface area contributed by atoms with E-state index in [0.29, 0.717) is 12.5 Å². The maximum Gasteiger partial charge on any atom is 0.240 e.